The highest BCUT2D eigenvalue weighted by Gasteiger charge is 2.15. The van der Waals surface area contributed by atoms with Gasteiger partial charge in [0.2, 0.25) is 10.0 Å². The molecule has 96 valence electrons. The number of hydrogen-bond donors (Lipinski definition) is 2. The quantitative estimate of drug-likeness (QED) is 0.746. The first-order valence-corrected chi connectivity index (χ1v) is 8.28. The molecule has 0 saturated carbocycles. The van der Waals surface area contributed by atoms with Crippen LogP contribution in [-0.2, 0) is 19.9 Å². The van der Waals surface area contributed by atoms with Crippen molar-refractivity contribution in [2.45, 2.75) is 0 Å². The van der Waals surface area contributed by atoms with Crippen LogP contribution in [0.15, 0.2) is 18.5 Å². The Balaban J connectivity index is 2.78. The van der Waals surface area contributed by atoms with Gasteiger partial charge in [-0.3, -0.25) is 9.71 Å². The molecule has 0 aliphatic carbocycles. The van der Waals surface area contributed by atoms with E-state index >= 15 is 0 Å². The predicted octanol–water partition coefficient (Wildman–Crippen LogP) is -0.550. The first kappa shape index (κ1) is 13.7. The van der Waals surface area contributed by atoms with E-state index in [0.29, 0.717) is 0 Å². The number of hydrogen-bond acceptors (Lipinski definition) is 6. The molecule has 0 atom stereocenters. The van der Waals surface area contributed by atoms with Gasteiger partial charge in [-0.05, 0) is 6.07 Å². The molecule has 1 heterocycles. The lowest BCUT2D eigenvalue weighted by atomic mass is 10.4. The van der Waals surface area contributed by atoms with Crippen LogP contribution in [0.25, 0.3) is 0 Å². The van der Waals surface area contributed by atoms with Gasteiger partial charge in [-0.1, -0.05) is 0 Å². The molecule has 0 radical (unpaired) electrons. The molecule has 1 rings (SSSR count). The number of aromatic nitrogens is 1. The van der Waals surface area contributed by atoms with Gasteiger partial charge >= 0.3 is 0 Å². The van der Waals surface area contributed by atoms with Gasteiger partial charge in [-0.2, -0.15) is 0 Å². The summed E-state index contributed by atoms with van der Waals surface area (Å²) in [5.41, 5.74) is 5.87. The molecule has 0 aromatic carbocycles. The molecule has 17 heavy (non-hydrogen) atoms. The summed E-state index contributed by atoms with van der Waals surface area (Å²) in [5.74, 6) is -0.944. The molecule has 0 spiro atoms. The van der Waals surface area contributed by atoms with Crippen LogP contribution in [0.3, 0.4) is 0 Å². The number of sulfone groups is 1. The molecule has 3 N–H and O–H groups in total. The molecule has 0 fully saturated rings. The van der Waals surface area contributed by atoms with Crippen LogP contribution in [0.4, 0.5) is 11.4 Å². The lowest BCUT2D eigenvalue weighted by Crippen LogP contribution is -2.22. The highest BCUT2D eigenvalue weighted by Crippen LogP contribution is 2.16. The SMILES string of the molecule is CS(=O)(=O)CCS(=O)(=O)Nc1ccncc1N. The fourth-order valence-corrected chi connectivity index (χ4v) is 3.69. The lowest BCUT2D eigenvalue weighted by molar-refractivity contribution is 0.593. The Morgan fingerprint density at radius 3 is 2.47 bits per heavy atom. The van der Waals surface area contributed by atoms with E-state index in [9.17, 15) is 16.8 Å². The average Bonchev–Trinajstić information content (AvgIpc) is 2.18. The molecule has 0 bridgehead atoms. The molecule has 9 heteroatoms. The van der Waals surface area contributed by atoms with Crippen molar-refractivity contribution in [3.8, 4) is 0 Å². The summed E-state index contributed by atoms with van der Waals surface area (Å²) in [6.07, 6.45) is 3.66. The zero-order chi connectivity index (χ0) is 13.1. The summed E-state index contributed by atoms with van der Waals surface area (Å²) < 4.78 is 47.0. The van der Waals surface area contributed by atoms with Crippen LogP contribution in [0, 0.1) is 0 Å². The maximum atomic E-state index is 11.5. The van der Waals surface area contributed by atoms with E-state index < -0.39 is 31.4 Å². The topological polar surface area (TPSA) is 119 Å². The number of pyridine rings is 1. The van der Waals surface area contributed by atoms with Crippen molar-refractivity contribution in [2.75, 3.05) is 28.2 Å². The van der Waals surface area contributed by atoms with E-state index in [4.69, 9.17) is 5.73 Å². The monoisotopic (exact) mass is 279 g/mol. The smallest absolute Gasteiger partial charge is 0.233 e. The first-order valence-electron chi connectivity index (χ1n) is 4.57. The van der Waals surface area contributed by atoms with Gasteiger partial charge in [0.15, 0.2) is 0 Å². The van der Waals surface area contributed by atoms with Gasteiger partial charge < -0.3 is 5.73 Å². The van der Waals surface area contributed by atoms with Crippen molar-refractivity contribution in [2.24, 2.45) is 0 Å². The zero-order valence-electron chi connectivity index (χ0n) is 9.12. The van der Waals surface area contributed by atoms with E-state index in [2.05, 4.69) is 9.71 Å². The van der Waals surface area contributed by atoms with Crippen molar-refractivity contribution in [1.82, 2.24) is 4.98 Å². The van der Waals surface area contributed by atoms with Gasteiger partial charge in [0.1, 0.15) is 9.84 Å². The van der Waals surface area contributed by atoms with Crippen molar-refractivity contribution in [3.63, 3.8) is 0 Å². The molecule has 0 saturated heterocycles. The summed E-state index contributed by atoms with van der Waals surface area (Å²) in [6.45, 7) is 0. The minimum absolute atomic E-state index is 0.176. The Morgan fingerprint density at radius 2 is 1.94 bits per heavy atom. The highest BCUT2D eigenvalue weighted by atomic mass is 32.2. The number of nitrogens with one attached hydrogen (secondary N) is 1. The minimum Gasteiger partial charge on any atom is -0.396 e. The van der Waals surface area contributed by atoms with E-state index in [1.165, 1.54) is 18.5 Å². The molecular weight excluding hydrogens is 266 g/mol. The average molecular weight is 279 g/mol. The first-order chi connectivity index (χ1) is 7.70. The molecule has 0 amide bonds. The van der Waals surface area contributed by atoms with Crippen LogP contribution >= 0.6 is 0 Å². The van der Waals surface area contributed by atoms with Gasteiger partial charge in [-0.25, -0.2) is 16.8 Å². The van der Waals surface area contributed by atoms with Crippen molar-refractivity contribution < 1.29 is 16.8 Å². The van der Waals surface area contributed by atoms with Crippen molar-refractivity contribution in [3.05, 3.63) is 18.5 Å². The summed E-state index contributed by atoms with van der Waals surface area (Å²) >= 11 is 0. The van der Waals surface area contributed by atoms with Crippen LogP contribution in [-0.4, -0.2) is 39.6 Å². The fourth-order valence-electron chi connectivity index (χ4n) is 0.979. The third kappa shape index (κ3) is 5.00. The standard InChI is InChI=1S/C8H13N3O4S2/c1-16(12,13)4-5-17(14,15)11-8-2-3-10-6-7(8)9/h2-3,6H,4-5,9H2,1H3,(H,10,11). The number of nitrogen functional groups attached to an aromatic ring is 1. The second-order valence-corrected chi connectivity index (χ2v) is 7.62. The molecule has 0 aliphatic rings. The Bertz CT molecular complexity index is 595. The van der Waals surface area contributed by atoms with Gasteiger partial charge in [0.05, 0.1) is 29.1 Å². The van der Waals surface area contributed by atoms with Crippen LogP contribution in [0.1, 0.15) is 0 Å². The van der Waals surface area contributed by atoms with Crippen LogP contribution in [0.5, 0.6) is 0 Å². The maximum absolute atomic E-state index is 11.5. The minimum atomic E-state index is -3.73. The Kier molecular flexibility index (Phi) is 3.94. The number of rotatable bonds is 5. The third-order valence-corrected chi connectivity index (χ3v) is 4.32. The Morgan fingerprint density at radius 1 is 1.29 bits per heavy atom. The summed E-state index contributed by atoms with van der Waals surface area (Å²) in [4.78, 5) is 3.70. The van der Waals surface area contributed by atoms with E-state index in [1.807, 2.05) is 0 Å². The summed E-state index contributed by atoms with van der Waals surface area (Å²) in [5, 5.41) is 0. The highest BCUT2D eigenvalue weighted by molar-refractivity contribution is 7.95. The Hall–Kier alpha value is -1.35. The van der Waals surface area contributed by atoms with Gasteiger partial charge in [0.25, 0.3) is 0 Å². The second kappa shape index (κ2) is 4.88. The number of sulfonamides is 1. The summed E-state index contributed by atoms with van der Waals surface area (Å²) in [6, 6.07) is 1.40. The normalized spacial score (nSPS) is 12.3. The summed E-state index contributed by atoms with van der Waals surface area (Å²) in [7, 11) is -7.05. The van der Waals surface area contributed by atoms with Crippen molar-refractivity contribution in [1.29, 1.82) is 0 Å². The zero-order valence-corrected chi connectivity index (χ0v) is 10.8. The maximum Gasteiger partial charge on any atom is 0.233 e. The van der Waals surface area contributed by atoms with Crippen LogP contribution in [0.2, 0.25) is 0 Å². The Labute approximate surface area is 100 Å². The van der Waals surface area contributed by atoms with E-state index in [0.717, 1.165) is 6.26 Å². The fraction of sp³-hybridized carbons (Fsp3) is 0.375. The number of nitrogens with two attached hydrogens (primary N) is 1. The van der Waals surface area contributed by atoms with Crippen LogP contribution < -0.4 is 10.5 Å². The van der Waals surface area contributed by atoms with E-state index in [1.54, 1.807) is 0 Å². The predicted molar refractivity (Wildman–Crippen MR) is 65.8 cm³/mol. The number of nitrogens with zero attached hydrogens (tertiary/aromatic N) is 1. The molecule has 1 aromatic rings. The molecular formula is C8H13N3O4S2. The molecule has 0 aliphatic heterocycles. The largest absolute Gasteiger partial charge is 0.396 e. The second-order valence-electron chi connectivity index (χ2n) is 3.51. The van der Waals surface area contributed by atoms with Crippen molar-refractivity contribution >= 4 is 31.2 Å². The molecule has 0 unspecified atom stereocenters. The lowest BCUT2D eigenvalue weighted by Gasteiger charge is -2.08. The van der Waals surface area contributed by atoms with Gasteiger partial charge in [0, 0.05) is 12.5 Å². The number of anilines is 2. The third-order valence-electron chi connectivity index (χ3n) is 1.84. The molecule has 7 nitrogen and oxygen atoms in total. The van der Waals surface area contributed by atoms with Gasteiger partial charge in [-0.15, -0.1) is 0 Å². The molecule has 1 aromatic heterocycles. The van der Waals surface area contributed by atoms with E-state index in [-0.39, 0.29) is 11.4 Å².